The maximum Gasteiger partial charge on any atom is 0.335 e. The van der Waals surface area contributed by atoms with Crippen LogP contribution in [-0.4, -0.2) is 21.9 Å². The molecule has 7 nitrogen and oxygen atoms in total. The smallest absolute Gasteiger partial charge is 0.335 e. The van der Waals surface area contributed by atoms with Crippen molar-refractivity contribution in [1.82, 2.24) is 5.16 Å². The number of benzene rings is 3. The van der Waals surface area contributed by atoms with Crippen LogP contribution in [-0.2, 0) is 17.0 Å². The number of carboxylic acid groups (broad SMARTS) is 1. The predicted molar refractivity (Wildman–Crippen MR) is 153 cm³/mol. The van der Waals surface area contributed by atoms with E-state index in [0.717, 1.165) is 29.7 Å². The lowest BCUT2D eigenvalue weighted by atomic mass is 9.88. The molecule has 0 spiro atoms. The number of carbonyl (C=O) groups is 1. The third kappa shape index (κ3) is 5.05. The standard InChI is InChI=1S/C30H23Cl3N2O5/c1-30(14-25(34-40-30)17-4-2-5-18(12-17)29(36)37)21-11-10-19(13-24(21)33)38-15-20-27(35-39-28(20)16-8-9-16)26-22(31)6-3-7-23(26)32/h2-7,10-13,16H,8-9,14-15H2,1H3,(H,36,37). The first-order valence-electron chi connectivity index (χ1n) is 12.7. The average molecular weight is 598 g/mol. The molecule has 1 unspecified atom stereocenters. The topological polar surface area (TPSA) is 94.2 Å². The Hall–Kier alpha value is -3.52. The summed E-state index contributed by atoms with van der Waals surface area (Å²) in [6, 6.07) is 17.3. The molecular formula is C30H23Cl3N2O5. The maximum absolute atomic E-state index is 11.4. The molecule has 0 saturated heterocycles. The number of oxime groups is 1. The van der Waals surface area contributed by atoms with Crippen molar-refractivity contribution >= 4 is 46.5 Å². The van der Waals surface area contributed by atoms with Crippen LogP contribution in [0.2, 0.25) is 15.1 Å². The van der Waals surface area contributed by atoms with Crippen molar-refractivity contribution in [2.45, 2.75) is 44.3 Å². The van der Waals surface area contributed by atoms with Crippen molar-refractivity contribution in [1.29, 1.82) is 0 Å². The van der Waals surface area contributed by atoms with Crippen LogP contribution in [0, 0.1) is 0 Å². The monoisotopic (exact) mass is 596 g/mol. The zero-order valence-corrected chi connectivity index (χ0v) is 23.6. The molecule has 1 fully saturated rings. The Balaban J connectivity index is 1.21. The quantitative estimate of drug-likeness (QED) is 0.219. The van der Waals surface area contributed by atoms with Gasteiger partial charge in [0.05, 0.1) is 31.9 Å². The van der Waals surface area contributed by atoms with Gasteiger partial charge in [0.25, 0.3) is 0 Å². The third-order valence-electron chi connectivity index (χ3n) is 7.16. The van der Waals surface area contributed by atoms with E-state index < -0.39 is 11.6 Å². The van der Waals surface area contributed by atoms with E-state index in [0.29, 0.717) is 55.7 Å². The largest absolute Gasteiger partial charge is 0.489 e. The van der Waals surface area contributed by atoms with Crippen LogP contribution in [0.1, 0.15) is 64.9 Å². The van der Waals surface area contributed by atoms with Gasteiger partial charge < -0.3 is 19.2 Å². The summed E-state index contributed by atoms with van der Waals surface area (Å²) in [5.41, 5.74) is 3.43. The van der Waals surface area contributed by atoms with Crippen molar-refractivity contribution in [2.24, 2.45) is 5.16 Å². The molecule has 6 rings (SSSR count). The van der Waals surface area contributed by atoms with Gasteiger partial charge in [-0.1, -0.05) is 63.3 Å². The highest BCUT2D eigenvalue weighted by Gasteiger charge is 2.39. The maximum atomic E-state index is 11.4. The molecule has 0 radical (unpaired) electrons. The van der Waals surface area contributed by atoms with E-state index in [9.17, 15) is 9.90 Å². The Bertz CT molecular complexity index is 1640. The fourth-order valence-electron chi connectivity index (χ4n) is 4.89. The molecule has 2 heterocycles. The summed E-state index contributed by atoms with van der Waals surface area (Å²) in [5.74, 6) is 0.652. The summed E-state index contributed by atoms with van der Waals surface area (Å²) in [6.07, 6.45) is 2.48. The van der Waals surface area contributed by atoms with Gasteiger partial charge in [-0.3, -0.25) is 0 Å². The first-order valence-corrected chi connectivity index (χ1v) is 13.8. The van der Waals surface area contributed by atoms with Crippen molar-refractivity contribution in [3.63, 3.8) is 0 Å². The highest BCUT2D eigenvalue weighted by molar-refractivity contribution is 6.39. The highest BCUT2D eigenvalue weighted by atomic mass is 35.5. The summed E-state index contributed by atoms with van der Waals surface area (Å²) >= 11 is 19.7. The van der Waals surface area contributed by atoms with E-state index in [1.807, 2.05) is 25.1 Å². The van der Waals surface area contributed by atoms with Crippen LogP contribution in [0.4, 0.5) is 0 Å². The van der Waals surface area contributed by atoms with Crippen LogP contribution in [0.3, 0.4) is 0 Å². The number of ether oxygens (including phenoxy) is 1. The molecule has 204 valence electrons. The fraction of sp³-hybridized carbons (Fsp3) is 0.233. The zero-order chi connectivity index (χ0) is 28.0. The van der Waals surface area contributed by atoms with E-state index in [2.05, 4.69) is 10.3 Å². The molecule has 3 aromatic carbocycles. The van der Waals surface area contributed by atoms with Crippen molar-refractivity contribution in [3.8, 4) is 17.0 Å². The van der Waals surface area contributed by atoms with Crippen molar-refractivity contribution < 1.29 is 24.0 Å². The second-order valence-electron chi connectivity index (χ2n) is 10.1. The summed E-state index contributed by atoms with van der Waals surface area (Å²) in [5, 5.41) is 19.3. The van der Waals surface area contributed by atoms with Crippen molar-refractivity contribution in [3.05, 3.63) is 104 Å². The lowest BCUT2D eigenvalue weighted by Gasteiger charge is -2.23. The van der Waals surface area contributed by atoms with Gasteiger partial charge in [-0.2, -0.15) is 0 Å². The van der Waals surface area contributed by atoms with Crippen molar-refractivity contribution in [2.75, 3.05) is 0 Å². The van der Waals surface area contributed by atoms with Crippen LogP contribution >= 0.6 is 34.8 Å². The average Bonchev–Trinajstić information content (AvgIpc) is 3.57. The number of carboxylic acids is 1. The number of halogens is 3. The number of hydrogen-bond acceptors (Lipinski definition) is 6. The Morgan fingerprint density at radius 3 is 2.50 bits per heavy atom. The molecule has 1 aromatic heterocycles. The molecule has 1 aliphatic heterocycles. The number of aromatic carboxylic acids is 1. The highest BCUT2D eigenvalue weighted by Crippen LogP contribution is 2.46. The summed E-state index contributed by atoms with van der Waals surface area (Å²) < 4.78 is 11.9. The van der Waals surface area contributed by atoms with E-state index in [-0.39, 0.29) is 12.2 Å². The first-order chi connectivity index (χ1) is 19.2. The van der Waals surface area contributed by atoms with Gasteiger partial charge in [0.15, 0.2) is 5.60 Å². The minimum absolute atomic E-state index is 0.186. The number of aromatic nitrogens is 1. The lowest BCUT2D eigenvalue weighted by Crippen LogP contribution is -2.22. The predicted octanol–water partition coefficient (Wildman–Crippen LogP) is 8.50. The van der Waals surface area contributed by atoms with E-state index in [4.69, 9.17) is 48.9 Å². The zero-order valence-electron chi connectivity index (χ0n) is 21.3. The second-order valence-corrected chi connectivity index (χ2v) is 11.3. The molecule has 1 saturated carbocycles. The number of nitrogens with zero attached hydrogens (tertiary/aromatic N) is 2. The summed E-state index contributed by atoms with van der Waals surface area (Å²) in [7, 11) is 0. The van der Waals surface area contributed by atoms with Gasteiger partial charge in [-0.25, -0.2) is 4.79 Å². The van der Waals surface area contributed by atoms with Crippen LogP contribution in [0.5, 0.6) is 5.75 Å². The van der Waals surface area contributed by atoms with E-state index in [1.165, 1.54) is 6.07 Å². The molecule has 4 aromatic rings. The minimum atomic E-state index is -1.000. The van der Waals surface area contributed by atoms with Crippen LogP contribution in [0.25, 0.3) is 11.3 Å². The molecular weight excluding hydrogens is 575 g/mol. The fourth-order valence-corrected chi connectivity index (χ4v) is 5.84. The minimum Gasteiger partial charge on any atom is -0.489 e. The van der Waals surface area contributed by atoms with E-state index in [1.54, 1.807) is 36.4 Å². The lowest BCUT2D eigenvalue weighted by molar-refractivity contribution is -0.00733. The molecule has 1 N–H and O–H groups in total. The Morgan fingerprint density at radius 2 is 1.80 bits per heavy atom. The Morgan fingerprint density at radius 1 is 1.05 bits per heavy atom. The molecule has 10 heteroatoms. The van der Waals surface area contributed by atoms with Crippen LogP contribution in [0.15, 0.2) is 70.3 Å². The Kier molecular flexibility index (Phi) is 6.98. The molecule has 1 aliphatic carbocycles. The Labute approximate surface area is 245 Å². The number of hydrogen-bond donors (Lipinski definition) is 1. The van der Waals surface area contributed by atoms with E-state index >= 15 is 0 Å². The van der Waals surface area contributed by atoms with Gasteiger partial charge >= 0.3 is 5.97 Å². The third-order valence-corrected chi connectivity index (χ3v) is 8.11. The van der Waals surface area contributed by atoms with Gasteiger partial charge in [-0.15, -0.1) is 0 Å². The van der Waals surface area contributed by atoms with Gasteiger partial charge in [0.2, 0.25) is 0 Å². The molecule has 1 atom stereocenters. The summed E-state index contributed by atoms with van der Waals surface area (Å²) in [4.78, 5) is 17.2. The van der Waals surface area contributed by atoms with Gasteiger partial charge in [-0.05, 0) is 62.2 Å². The van der Waals surface area contributed by atoms with Gasteiger partial charge in [0.1, 0.15) is 23.8 Å². The SMILES string of the molecule is CC1(c2ccc(OCc3c(-c4c(Cl)cccc4Cl)noc3C3CC3)cc2Cl)CC(c2cccc(C(=O)O)c2)=NO1. The molecule has 2 aliphatic rings. The first kappa shape index (κ1) is 26.7. The molecule has 40 heavy (non-hydrogen) atoms. The van der Waals surface area contributed by atoms with Gasteiger partial charge in [0, 0.05) is 29.0 Å². The second kappa shape index (κ2) is 10.5. The molecule has 0 amide bonds. The molecule has 0 bridgehead atoms. The van der Waals surface area contributed by atoms with Crippen LogP contribution < -0.4 is 4.74 Å². The summed E-state index contributed by atoms with van der Waals surface area (Å²) in [6.45, 7) is 2.09. The normalized spacial score (nSPS) is 18.4. The number of rotatable bonds is 8.